The zero-order valence-electron chi connectivity index (χ0n) is 9.47. The lowest BCUT2D eigenvalue weighted by molar-refractivity contribution is -0.139. The lowest BCUT2D eigenvalue weighted by Crippen LogP contribution is -2.46. The molecule has 0 radical (unpaired) electrons. The molecule has 6 nitrogen and oxygen atoms in total. The maximum Gasteiger partial charge on any atom is 0.326 e. The Bertz CT molecular complexity index is 367. The number of aromatic nitrogens is 1. The van der Waals surface area contributed by atoms with Crippen molar-refractivity contribution in [3.63, 3.8) is 0 Å². The zero-order chi connectivity index (χ0) is 12.7. The fourth-order valence-corrected chi connectivity index (χ4v) is 1.83. The molecule has 2 amide bonds. The van der Waals surface area contributed by atoms with E-state index in [1.807, 2.05) is 5.38 Å². The predicted octanol–water partition coefficient (Wildman–Crippen LogP) is 0.848. The van der Waals surface area contributed by atoms with E-state index in [1.165, 1.54) is 11.3 Å². The lowest BCUT2D eigenvalue weighted by atomic mass is 10.2. The molecule has 0 aliphatic heterocycles. The molecule has 94 valence electrons. The van der Waals surface area contributed by atoms with Gasteiger partial charge in [0.1, 0.15) is 6.04 Å². The fraction of sp³-hybridized carbons (Fsp3) is 0.500. The average molecular weight is 257 g/mol. The molecule has 1 heterocycles. The van der Waals surface area contributed by atoms with Crippen molar-refractivity contribution in [3.05, 3.63) is 16.6 Å². The summed E-state index contributed by atoms with van der Waals surface area (Å²) < 4.78 is 0. The number of thiazole rings is 1. The Morgan fingerprint density at radius 2 is 2.35 bits per heavy atom. The molecule has 1 rings (SSSR count). The molecule has 7 heteroatoms. The van der Waals surface area contributed by atoms with Crippen LogP contribution in [-0.2, 0) is 11.2 Å². The van der Waals surface area contributed by atoms with Crippen molar-refractivity contribution >= 4 is 23.3 Å². The molecule has 0 aliphatic carbocycles. The van der Waals surface area contributed by atoms with Gasteiger partial charge in [0.25, 0.3) is 0 Å². The van der Waals surface area contributed by atoms with E-state index >= 15 is 0 Å². The van der Waals surface area contributed by atoms with Crippen LogP contribution in [0.4, 0.5) is 4.79 Å². The highest BCUT2D eigenvalue weighted by atomic mass is 32.1. The molecule has 0 spiro atoms. The van der Waals surface area contributed by atoms with E-state index in [-0.39, 0.29) is 0 Å². The number of rotatable bonds is 6. The molecule has 0 saturated carbocycles. The van der Waals surface area contributed by atoms with Gasteiger partial charge in [-0.3, -0.25) is 0 Å². The third-order valence-corrected chi connectivity index (χ3v) is 2.96. The maximum absolute atomic E-state index is 11.3. The van der Waals surface area contributed by atoms with Gasteiger partial charge in [0.05, 0.1) is 5.01 Å². The van der Waals surface area contributed by atoms with Crippen LogP contribution in [0.1, 0.15) is 18.4 Å². The highest BCUT2D eigenvalue weighted by Gasteiger charge is 2.16. The van der Waals surface area contributed by atoms with Crippen molar-refractivity contribution in [2.75, 3.05) is 6.54 Å². The van der Waals surface area contributed by atoms with Gasteiger partial charge in [-0.15, -0.1) is 11.3 Å². The number of urea groups is 1. The smallest absolute Gasteiger partial charge is 0.326 e. The predicted molar refractivity (Wildman–Crippen MR) is 64.1 cm³/mol. The minimum atomic E-state index is -1.03. The average Bonchev–Trinajstić information content (AvgIpc) is 2.78. The van der Waals surface area contributed by atoms with Crippen LogP contribution < -0.4 is 10.6 Å². The summed E-state index contributed by atoms with van der Waals surface area (Å²) in [6, 6.07) is -1.30. The molecule has 0 aromatic carbocycles. The highest BCUT2D eigenvalue weighted by Crippen LogP contribution is 2.03. The number of nitrogens with zero attached hydrogens (tertiary/aromatic N) is 1. The molecule has 3 N–H and O–H groups in total. The van der Waals surface area contributed by atoms with Gasteiger partial charge >= 0.3 is 12.0 Å². The van der Waals surface area contributed by atoms with Crippen LogP contribution in [0, 0.1) is 0 Å². The molecule has 1 atom stereocenters. The second-order valence-corrected chi connectivity index (χ2v) is 4.35. The van der Waals surface area contributed by atoms with E-state index in [0.29, 0.717) is 19.4 Å². The summed E-state index contributed by atoms with van der Waals surface area (Å²) in [5, 5.41) is 16.5. The first kappa shape index (κ1) is 13.4. The number of amides is 2. The number of aliphatic carboxylic acids is 1. The van der Waals surface area contributed by atoms with Crippen LogP contribution in [0.3, 0.4) is 0 Å². The minimum Gasteiger partial charge on any atom is -0.480 e. The standard InChI is InChI=1S/C10H15N3O3S/c1-2-7(9(14)15)13-10(16)12-4-3-8-11-5-6-17-8/h5-7H,2-4H2,1H3,(H,14,15)(H2,12,13,16)/t7-/m1/s1. The molecule has 0 unspecified atom stereocenters. The van der Waals surface area contributed by atoms with E-state index in [2.05, 4.69) is 15.6 Å². The Balaban J connectivity index is 2.23. The second kappa shape index (κ2) is 6.85. The van der Waals surface area contributed by atoms with Gasteiger partial charge in [-0.05, 0) is 6.42 Å². The van der Waals surface area contributed by atoms with E-state index in [9.17, 15) is 9.59 Å². The molecule has 0 aliphatic rings. The molecular weight excluding hydrogens is 242 g/mol. The van der Waals surface area contributed by atoms with Crippen molar-refractivity contribution < 1.29 is 14.7 Å². The Morgan fingerprint density at radius 1 is 1.59 bits per heavy atom. The number of carboxylic acid groups (broad SMARTS) is 1. The van der Waals surface area contributed by atoms with Gasteiger partial charge in [0.2, 0.25) is 0 Å². The maximum atomic E-state index is 11.3. The van der Waals surface area contributed by atoms with E-state index < -0.39 is 18.0 Å². The second-order valence-electron chi connectivity index (χ2n) is 3.38. The summed E-state index contributed by atoms with van der Waals surface area (Å²) in [6.07, 6.45) is 2.71. The molecule has 0 fully saturated rings. The van der Waals surface area contributed by atoms with Gasteiger partial charge in [-0.25, -0.2) is 14.6 Å². The van der Waals surface area contributed by atoms with Crippen molar-refractivity contribution in [1.29, 1.82) is 0 Å². The first-order valence-electron chi connectivity index (χ1n) is 5.29. The summed E-state index contributed by atoms with van der Waals surface area (Å²) in [6.45, 7) is 2.14. The first-order chi connectivity index (χ1) is 8.13. The quantitative estimate of drug-likeness (QED) is 0.704. The van der Waals surface area contributed by atoms with E-state index in [0.717, 1.165) is 5.01 Å². The SMILES string of the molecule is CC[C@@H](NC(=O)NCCc1nccs1)C(=O)O. The third kappa shape index (κ3) is 4.81. The third-order valence-electron chi connectivity index (χ3n) is 2.12. The summed E-state index contributed by atoms with van der Waals surface area (Å²) in [5.74, 6) is -1.03. The van der Waals surface area contributed by atoms with E-state index in [4.69, 9.17) is 5.11 Å². The monoisotopic (exact) mass is 257 g/mol. The van der Waals surface area contributed by atoms with Crippen molar-refractivity contribution in [3.8, 4) is 0 Å². The number of nitrogens with one attached hydrogen (secondary N) is 2. The van der Waals surface area contributed by atoms with Crippen LogP contribution in [0.2, 0.25) is 0 Å². The molecule has 0 bridgehead atoms. The minimum absolute atomic E-state index is 0.356. The van der Waals surface area contributed by atoms with Gasteiger partial charge < -0.3 is 15.7 Å². The number of carbonyl (C=O) groups is 2. The topological polar surface area (TPSA) is 91.3 Å². The molecule has 1 aromatic rings. The van der Waals surface area contributed by atoms with Crippen LogP contribution in [0.5, 0.6) is 0 Å². The Kier molecular flexibility index (Phi) is 5.41. The summed E-state index contributed by atoms with van der Waals surface area (Å²) in [4.78, 5) is 26.1. The van der Waals surface area contributed by atoms with Gasteiger partial charge in [0.15, 0.2) is 0 Å². The van der Waals surface area contributed by atoms with Gasteiger partial charge in [0, 0.05) is 24.5 Å². The Labute approximate surface area is 103 Å². The van der Waals surface area contributed by atoms with Crippen LogP contribution in [-0.4, -0.2) is 34.7 Å². The summed E-state index contributed by atoms with van der Waals surface area (Å²) >= 11 is 1.52. The Morgan fingerprint density at radius 3 is 2.88 bits per heavy atom. The lowest BCUT2D eigenvalue weighted by Gasteiger charge is -2.12. The molecule has 1 aromatic heterocycles. The largest absolute Gasteiger partial charge is 0.480 e. The molecular formula is C10H15N3O3S. The van der Waals surface area contributed by atoms with Crippen molar-refractivity contribution in [2.24, 2.45) is 0 Å². The van der Waals surface area contributed by atoms with Gasteiger partial charge in [-0.1, -0.05) is 6.92 Å². The Hall–Kier alpha value is -1.63. The first-order valence-corrected chi connectivity index (χ1v) is 6.17. The van der Waals surface area contributed by atoms with Crippen molar-refractivity contribution in [1.82, 2.24) is 15.6 Å². The number of hydrogen-bond donors (Lipinski definition) is 3. The van der Waals surface area contributed by atoms with E-state index in [1.54, 1.807) is 13.1 Å². The van der Waals surface area contributed by atoms with Crippen molar-refractivity contribution in [2.45, 2.75) is 25.8 Å². The number of carbonyl (C=O) groups excluding carboxylic acids is 1. The number of hydrogen-bond acceptors (Lipinski definition) is 4. The van der Waals surface area contributed by atoms with Crippen LogP contribution >= 0.6 is 11.3 Å². The molecule has 17 heavy (non-hydrogen) atoms. The van der Waals surface area contributed by atoms with Crippen LogP contribution in [0.15, 0.2) is 11.6 Å². The van der Waals surface area contributed by atoms with Crippen LogP contribution in [0.25, 0.3) is 0 Å². The summed E-state index contributed by atoms with van der Waals surface area (Å²) in [7, 11) is 0. The fourth-order valence-electron chi connectivity index (χ4n) is 1.21. The number of carboxylic acids is 1. The highest BCUT2D eigenvalue weighted by molar-refractivity contribution is 7.09. The zero-order valence-corrected chi connectivity index (χ0v) is 10.3. The summed E-state index contributed by atoms with van der Waals surface area (Å²) in [5.41, 5.74) is 0. The normalized spacial score (nSPS) is 11.8. The van der Waals surface area contributed by atoms with Gasteiger partial charge in [-0.2, -0.15) is 0 Å². The molecule has 0 saturated heterocycles.